The Morgan fingerprint density at radius 2 is 1.75 bits per heavy atom. The normalized spacial score (nSPS) is 10.6. The number of carbonyl (C=O) groups excluding carboxylic acids is 1. The molecule has 0 aliphatic rings. The van der Waals surface area contributed by atoms with E-state index in [1.54, 1.807) is 4.90 Å². The molecule has 0 saturated heterocycles. The molecular weight excluding hydrogens is 302 g/mol. The van der Waals surface area contributed by atoms with Crippen LogP contribution in [0.2, 0.25) is 0 Å². The molecule has 122 valence electrons. The van der Waals surface area contributed by atoms with E-state index in [2.05, 4.69) is 9.97 Å². The average molecular weight is 321 g/mol. The first-order valence-electron chi connectivity index (χ1n) is 7.90. The van der Waals surface area contributed by atoms with Crippen molar-refractivity contribution >= 4 is 22.5 Å². The molecule has 5 nitrogen and oxygen atoms in total. The van der Waals surface area contributed by atoms with Gasteiger partial charge in [0.05, 0.1) is 10.9 Å². The molecule has 1 heterocycles. The number of benzene rings is 2. The molecule has 0 aliphatic carbocycles. The number of ether oxygens (including phenoxy) is 1. The third-order valence-corrected chi connectivity index (χ3v) is 3.70. The Bertz CT molecular complexity index is 850. The molecule has 5 heteroatoms. The number of likely N-dealkylation sites (N-methyl/N-ethyl adjacent to an activating group) is 1. The molecule has 1 aromatic heterocycles. The number of fused-ring (bicyclic) bond motifs is 1. The maximum Gasteiger partial charge on any atom is 0.264 e. The van der Waals surface area contributed by atoms with Crippen LogP contribution in [0.15, 0.2) is 54.6 Å². The van der Waals surface area contributed by atoms with Crippen molar-refractivity contribution in [2.75, 3.05) is 18.1 Å². The Labute approximate surface area is 140 Å². The van der Waals surface area contributed by atoms with Crippen molar-refractivity contribution in [2.45, 2.75) is 13.8 Å². The van der Waals surface area contributed by atoms with Gasteiger partial charge in [0.25, 0.3) is 5.91 Å². The van der Waals surface area contributed by atoms with Gasteiger partial charge in [-0.1, -0.05) is 30.3 Å². The fraction of sp³-hybridized carbons (Fsp3) is 0.211. The number of carbonyl (C=O) groups is 1. The lowest BCUT2D eigenvalue weighted by atomic mass is 10.2. The number of anilines is 1. The van der Waals surface area contributed by atoms with Crippen LogP contribution in [0.1, 0.15) is 12.7 Å². The second kappa shape index (κ2) is 7.08. The van der Waals surface area contributed by atoms with Gasteiger partial charge in [-0.3, -0.25) is 4.79 Å². The lowest BCUT2D eigenvalue weighted by molar-refractivity contribution is -0.120. The summed E-state index contributed by atoms with van der Waals surface area (Å²) in [4.78, 5) is 22.9. The van der Waals surface area contributed by atoms with Gasteiger partial charge >= 0.3 is 0 Å². The standard InChI is InChI=1S/C19H19N3O2/c1-3-22(15-9-5-4-6-10-15)18(23)13-24-19-16-11-7-8-12-17(16)20-14(2)21-19/h4-12H,3,13H2,1-2H3. The number of aryl methyl sites for hydroxylation is 1. The fourth-order valence-corrected chi connectivity index (χ4v) is 2.59. The molecule has 2 aromatic carbocycles. The Hall–Kier alpha value is -2.95. The van der Waals surface area contributed by atoms with E-state index in [1.807, 2.05) is 68.4 Å². The molecule has 0 saturated carbocycles. The second-order valence-electron chi connectivity index (χ2n) is 5.36. The van der Waals surface area contributed by atoms with Gasteiger partial charge in [0.15, 0.2) is 6.61 Å². The highest BCUT2D eigenvalue weighted by Crippen LogP contribution is 2.22. The molecular formula is C19H19N3O2. The third-order valence-electron chi connectivity index (χ3n) is 3.70. The first-order chi connectivity index (χ1) is 11.7. The van der Waals surface area contributed by atoms with E-state index < -0.39 is 0 Å². The van der Waals surface area contributed by atoms with Crippen molar-refractivity contribution in [2.24, 2.45) is 0 Å². The zero-order valence-electron chi connectivity index (χ0n) is 13.8. The Morgan fingerprint density at radius 3 is 2.50 bits per heavy atom. The van der Waals surface area contributed by atoms with Crippen molar-refractivity contribution in [3.05, 3.63) is 60.4 Å². The molecule has 0 atom stereocenters. The SMILES string of the molecule is CCN(C(=O)COc1nc(C)nc2ccccc12)c1ccccc1. The highest BCUT2D eigenvalue weighted by atomic mass is 16.5. The quantitative estimate of drug-likeness (QED) is 0.723. The molecule has 3 aromatic rings. The Balaban J connectivity index is 1.79. The van der Waals surface area contributed by atoms with Crippen LogP contribution in [0.3, 0.4) is 0 Å². The first kappa shape index (κ1) is 15.9. The largest absolute Gasteiger partial charge is 0.467 e. The predicted octanol–water partition coefficient (Wildman–Crippen LogP) is 3.37. The molecule has 0 bridgehead atoms. The summed E-state index contributed by atoms with van der Waals surface area (Å²) < 4.78 is 5.72. The minimum Gasteiger partial charge on any atom is -0.467 e. The topological polar surface area (TPSA) is 55.3 Å². The van der Waals surface area contributed by atoms with Gasteiger partial charge in [-0.2, -0.15) is 4.98 Å². The number of para-hydroxylation sites is 2. The van der Waals surface area contributed by atoms with Crippen LogP contribution < -0.4 is 9.64 Å². The Morgan fingerprint density at radius 1 is 1.04 bits per heavy atom. The van der Waals surface area contributed by atoms with Crippen LogP contribution >= 0.6 is 0 Å². The van der Waals surface area contributed by atoms with E-state index in [4.69, 9.17) is 4.74 Å². The Kier molecular flexibility index (Phi) is 4.70. The molecule has 3 rings (SSSR count). The molecule has 0 aliphatic heterocycles. The van der Waals surface area contributed by atoms with Gasteiger partial charge in [0.1, 0.15) is 5.82 Å². The summed E-state index contributed by atoms with van der Waals surface area (Å²) in [7, 11) is 0. The summed E-state index contributed by atoms with van der Waals surface area (Å²) in [6.07, 6.45) is 0. The highest BCUT2D eigenvalue weighted by molar-refractivity contribution is 5.94. The van der Waals surface area contributed by atoms with Gasteiger partial charge in [0, 0.05) is 12.2 Å². The zero-order valence-corrected chi connectivity index (χ0v) is 13.8. The number of rotatable bonds is 5. The number of aromatic nitrogens is 2. The maximum absolute atomic E-state index is 12.5. The van der Waals surface area contributed by atoms with Crippen LogP contribution in [-0.2, 0) is 4.79 Å². The van der Waals surface area contributed by atoms with Crippen molar-refractivity contribution < 1.29 is 9.53 Å². The van der Waals surface area contributed by atoms with E-state index in [1.165, 1.54) is 0 Å². The monoisotopic (exact) mass is 321 g/mol. The van der Waals surface area contributed by atoms with Crippen LogP contribution in [-0.4, -0.2) is 29.0 Å². The fourth-order valence-electron chi connectivity index (χ4n) is 2.59. The smallest absolute Gasteiger partial charge is 0.264 e. The van der Waals surface area contributed by atoms with Crippen LogP contribution in [0, 0.1) is 6.92 Å². The van der Waals surface area contributed by atoms with E-state index in [0.717, 1.165) is 16.6 Å². The molecule has 24 heavy (non-hydrogen) atoms. The van der Waals surface area contributed by atoms with Crippen molar-refractivity contribution in [3.8, 4) is 5.88 Å². The molecule has 1 amide bonds. The summed E-state index contributed by atoms with van der Waals surface area (Å²) in [6, 6.07) is 17.2. The average Bonchev–Trinajstić information content (AvgIpc) is 2.61. The van der Waals surface area contributed by atoms with Gasteiger partial charge in [-0.25, -0.2) is 4.98 Å². The van der Waals surface area contributed by atoms with E-state index >= 15 is 0 Å². The van der Waals surface area contributed by atoms with Crippen LogP contribution in [0.4, 0.5) is 5.69 Å². The lowest BCUT2D eigenvalue weighted by Crippen LogP contribution is -2.34. The summed E-state index contributed by atoms with van der Waals surface area (Å²) in [5, 5.41) is 0.804. The summed E-state index contributed by atoms with van der Waals surface area (Å²) in [6.45, 7) is 4.26. The number of nitrogens with zero attached hydrogens (tertiary/aromatic N) is 3. The molecule has 0 N–H and O–H groups in total. The van der Waals surface area contributed by atoms with Gasteiger partial charge in [0.2, 0.25) is 5.88 Å². The van der Waals surface area contributed by atoms with Gasteiger partial charge < -0.3 is 9.64 Å². The number of hydrogen-bond donors (Lipinski definition) is 0. The highest BCUT2D eigenvalue weighted by Gasteiger charge is 2.15. The van der Waals surface area contributed by atoms with E-state index in [9.17, 15) is 4.79 Å². The van der Waals surface area contributed by atoms with Crippen LogP contribution in [0.25, 0.3) is 10.9 Å². The van der Waals surface area contributed by atoms with E-state index in [-0.39, 0.29) is 12.5 Å². The van der Waals surface area contributed by atoms with Gasteiger partial charge in [-0.05, 0) is 38.1 Å². The number of hydrogen-bond acceptors (Lipinski definition) is 4. The minimum absolute atomic E-state index is 0.0663. The molecule has 0 spiro atoms. The summed E-state index contributed by atoms with van der Waals surface area (Å²) in [5.74, 6) is 0.950. The second-order valence-corrected chi connectivity index (χ2v) is 5.36. The maximum atomic E-state index is 12.5. The predicted molar refractivity (Wildman–Crippen MR) is 94.2 cm³/mol. The molecule has 0 fully saturated rings. The van der Waals surface area contributed by atoms with Crippen LogP contribution in [0.5, 0.6) is 5.88 Å². The minimum atomic E-state index is -0.107. The van der Waals surface area contributed by atoms with E-state index in [0.29, 0.717) is 18.2 Å². The lowest BCUT2D eigenvalue weighted by Gasteiger charge is -2.21. The summed E-state index contributed by atoms with van der Waals surface area (Å²) in [5.41, 5.74) is 1.67. The first-order valence-corrected chi connectivity index (χ1v) is 7.90. The number of amides is 1. The third kappa shape index (κ3) is 3.35. The van der Waals surface area contributed by atoms with Crippen molar-refractivity contribution in [1.29, 1.82) is 0 Å². The van der Waals surface area contributed by atoms with Crippen molar-refractivity contribution in [3.63, 3.8) is 0 Å². The molecule has 0 radical (unpaired) electrons. The molecule has 0 unspecified atom stereocenters. The zero-order chi connectivity index (χ0) is 16.9. The summed E-state index contributed by atoms with van der Waals surface area (Å²) >= 11 is 0. The van der Waals surface area contributed by atoms with Crippen molar-refractivity contribution in [1.82, 2.24) is 9.97 Å². The van der Waals surface area contributed by atoms with Gasteiger partial charge in [-0.15, -0.1) is 0 Å².